The van der Waals surface area contributed by atoms with Crippen molar-refractivity contribution >= 4 is 17.6 Å². The van der Waals surface area contributed by atoms with E-state index in [9.17, 15) is 4.79 Å². The molecule has 0 heterocycles. The largest absolute Gasteiger partial charge is 0.411 e. The Morgan fingerprint density at radius 1 is 1.36 bits per heavy atom. The Balaban J connectivity index is 3.07. The average Bonchev–Trinajstić information content (AvgIpc) is 2.18. The highest BCUT2D eigenvalue weighted by atomic mass is 16.4. The molecule has 0 bridgehead atoms. The van der Waals surface area contributed by atoms with Crippen LogP contribution in [0.25, 0.3) is 5.57 Å². The molecule has 0 spiro atoms. The van der Waals surface area contributed by atoms with Crippen LogP contribution in [0.5, 0.6) is 0 Å². The molecule has 0 atom stereocenters. The van der Waals surface area contributed by atoms with Gasteiger partial charge in [-0.15, -0.1) is 0 Å². The molecule has 1 N–H and O–H groups in total. The fraction of sp³-hybridized carbons (Fsp3) is 0.0909. The molecule has 14 heavy (non-hydrogen) atoms. The summed E-state index contributed by atoms with van der Waals surface area (Å²) in [5.74, 6) is -0.0799. The molecule has 3 heteroatoms. The van der Waals surface area contributed by atoms with Crippen molar-refractivity contribution in [1.82, 2.24) is 0 Å². The molecule has 0 aliphatic carbocycles. The Morgan fingerprint density at radius 2 is 2.00 bits per heavy atom. The first-order chi connectivity index (χ1) is 6.74. The number of allylic oxidation sites excluding steroid dienone is 2. The van der Waals surface area contributed by atoms with E-state index in [1.165, 1.54) is 19.2 Å². The van der Waals surface area contributed by atoms with Crippen molar-refractivity contribution < 1.29 is 10.0 Å². The zero-order valence-corrected chi connectivity index (χ0v) is 7.84. The van der Waals surface area contributed by atoms with Gasteiger partial charge in [0.2, 0.25) is 0 Å². The van der Waals surface area contributed by atoms with Gasteiger partial charge in [0.25, 0.3) is 0 Å². The lowest BCUT2D eigenvalue weighted by atomic mass is 10.1. The first-order valence-electron chi connectivity index (χ1n) is 4.19. The number of oxime groups is 1. The standard InChI is InChI=1S/C11H11NO2/c1-9(13)7-11(8-12-14)10-5-3-2-4-6-10/h2-8,14H,1H3/b11-7-,12-8+. The topological polar surface area (TPSA) is 49.7 Å². The summed E-state index contributed by atoms with van der Waals surface area (Å²) in [5.41, 5.74) is 1.45. The molecule has 0 aliphatic heterocycles. The van der Waals surface area contributed by atoms with Crippen LogP contribution in [0.1, 0.15) is 12.5 Å². The summed E-state index contributed by atoms with van der Waals surface area (Å²) in [5, 5.41) is 11.3. The number of hydrogen-bond acceptors (Lipinski definition) is 3. The third-order valence-electron chi connectivity index (χ3n) is 1.66. The minimum atomic E-state index is -0.0799. The zero-order valence-electron chi connectivity index (χ0n) is 7.84. The van der Waals surface area contributed by atoms with Gasteiger partial charge in [0.05, 0.1) is 6.21 Å². The summed E-state index contributed by atoms with van der Waals surface area (Å²) in [4.78, 5) is 10.9. The van der Waals surface area contributed by atoms with E-state index in [1.54, 1.807) is 0 Å². The predicted molar refractivity (Wildman–Crippen MR) is 55.4 cm³/mol. The lowest BCUT2D eigenvalue weighted by Gasteiger charge is -1.99. The van der Waals surface area contributed by atoms with E-state index in [0.717, 1.165) is 5.56 Å². The van der Waals surface area contributed by atoms with E-state index in [0.29, 0.717) is 5.57 Å². The van der Waals surface area contributed by atoms with Crippen LogP contribution in [0.15, 0.2) is 41.6 Å². The van der Waals surface area contributed by atoms with Crippen LogP contribution in [-0.4, -0.2) is 17.2 Å². The van der Waals surface area contributed by atoms with E-state index in [4.69, 9.17) is 5.21 Å². The van der Waals surface area contributed by atoms with Crippen LogP contribution in [0, 0.1) is 0 Å². The van der Waals surface area contributed by atoms with E-state index in [2.05, 4.69) is 5.16 Å². The Labute approximate surface area is 82.4 Å². The second kappa shape index (κ2) is 4.97. The first kappa shape index (κ1) is 10.2. The fourth-order valence-corrected chi connectivity index (χ4v) is 1.11. The number of nitrogens with zero attached hydrogens (tertiary/aromatic N) is 1. The number of carbonyl (C=O) groups is 1. The molecule has 0 aromatic heterocycles. The molecular weight excluding hydrogens is 178 g/mol. The van der Waals surface area contributed by atoms with E-state index in [1.807, 2.05) is 30.3 Å². The molecule has 0 aliphatic rings. The van der Waals surface area contributed by atoms with Crippen molar-refractivity contribution in [3.8, 4) is 0 Å². The van der Waals surface area contributed by atoms with Gasteiger partial charge in [-0.05, 0) is 18.6 Å². The normalized spacial score (nSPS) is 11.9. The van der Waals surface area contributed by atoms with Gasteiger partial charge < -0.3 is 5.21 Å². The number of rotatable bonds is 3. The van der Waals surface area contributed by atoms with Gasteiger partial charge >= 0.3 is 0 Å². The third-order valence-corrected chi connectivity index (χ3v) is 1.66. The SMILES string of the molecule is CC(=O)/C=C(/C=N/O)c1ccccc1. The van der Waals surface area contributed by atoms with E-state index < -0.39 is 0 Å². The van der Waals surface area contributed by atoms with Crippen molar-refractivity contribution in [2.24, 2.45) is 5.16 Å². The maximum Gasteiger partial charge on any atom is 0.153 e. The van der Waals surface area contributed by atoms with Crippen molar-refractivity contribution in [1.29, 1.82) is 0 Å². The minimum Gasteiger partial charge on any atom is -0.411 e. The molecule has 0 radical (unpaired) electrons. The van der Waals surface area contributed by atoms with Gasteiger partial charge in [0.15, 0.2) is 5.78 Å². The second-order valence-electron chi connectivity index (χ2n) is 2.82. The lowest BCUT2D eigenvalue weighted by molar-refractivity contribution is -0.112. The summed E-state index contributed by atoms with van der Waals surface area (Å²) in [6.07, 6.45) is 2.67. The summed E-state index contributed by atoms with van der Waals surface area (Å²) in [7, 11) is 0. The van der Waals surface area contributed by atoms with Gasteiger partial charge in [0, 0.05) is 5.57 Å². The van der Waals surface area contributed by atoms with Gasteiger partial charge in [-0.3, -0.25) is 4.79 Å². The maximum atomic E-state index is 10.9. The summed E-state index contributed by atoms with van der Waals surface area (Å²) < 4.78 is 0. The van der Waals surface area contributed by atoms with Crippen molar-refractivity contribution in [2.75, 3.05) is 0 Å². The molecule has 0 amide bonds. The molecule has 72 valence electrons. The summed E-state index contributed by atoms with van der Waals surface area (Å²) in [6.45, 7) is 1.45. The van der Waals surface area contributed by atoms with Gasteiger partial charge in [0.1, 0.15) is 0 Å². The highest BCUT2D eigenvalue weighted by Gasteiger charge is 1.98. The zero-order chi connectivity index (χ0) is 10.4. The van der Waals surface area contributed by atoms with Crippen LogP contribution in [0.3, 0.4) is 0 Å². The molecule has 0 saturated heterocycles. The molecular formula is C11H11NO2. The average molecular weight is 189 g/mol. The van der Waals surface area contributed by atoms with Crippen molar-refractivity contribution in [3.05, 3.63) is 42.0 Å². The number of carbonyl (C=O) groups excluding carboxylic acids is 1. The Kier molecular flexibility index (Phi) is 3.61. The fourth-order valence-electron chi connectivity index (χ4n) is 1.11. The van der Waals surface area contributed by atoms with Crippen LogP contribution in [0.4, 0.5) is 0 Å². The molecule has 0 unspecified atom stereocenters. The molecule has 1 aromatic carbocycles. The molecule has 0 saturated carbocycles. The van der Waals surface area contributed by atoms with Crippen molar-refractivity contribution in [3.63, 3.8) is 0 Å². The summed E-state index contributed by atoms with van der Waals surface area (Å²) >= 11 is 0. The number of hydrogen-bond donors (Lipinski definition) is 1. The van der Waals surface area contributed by atoms with Crippen molar-refractivity contribution in [2.45, 2.75) is 6.92 Å². The highest BCUT2D eigenvalue weighted by molar-refractivity contribution is 6.15. The summed E-state index contributed by atoms with van der Waals surface area (Å²) in [6, 6.07) is 9.28. The molecule has 0 fully saturated rings. The van der Waals surface area contributed by atoms with Crippen LogP contribution in [0.2, 0.25) is 0 Å². The number of ketones is 1. The quantitative estimate of drug-likeness (QED) is 0.342. The minimum absolute atomic E-state index is 0.0799. The maximum absolute atomic E-state index is 10.9. The van der Waals surface area contributed by atoms with Gasteiger partial charge in [-0.25, -0.2) is 0 Å². The highest BCUT2D eigenvalue weighted by Crippen LogP contribution is 2.11. The molecule has 1 rings (SSSR count). The number of benzene rings is 1. The predicted octanol–water partition coefficient (Wildman–Crippen LogP) is 2.12. The van der Waals surface area contributed by atoms with Crippen LogP contribution >= 0.6 is 0 Å². The van der Waals surface area contributed by atoms with E-state index >= 15 is 0 Å². The Hall–Kier alpha value is -1.90. The third kappa shape index (κ3) is 2.86. The van der Waals surface area contributed by atoms with Gasteiger partial charge in [-0.1, -0.05) is 35.5 Å². The van der Waals surface area contributed by atoms with Crippen LogP contribution in [-0.2, 0) is 4.79 Å². The monoisotopic (exact) mass is 189 g/mol. The van der Waals surface area contributed by atoms with Gasteiger partial charge in [-0.2, -0.15) is 0 Å². The lowest BCUT2D eigenvalue weighted by Crippen LogP contribution is -1.90. The first-order valence-corrected chi connectivity index (χ1v) is 4.19. The van der Waals surface area contributed by atoms with E-state index in [-0.39, 0.29) is 5.78 Å². The molecule has 1 aromatic rings. The van der Waals surface area contributed by atoms with Crippen LogP contribution < -0.4 is 0 Å². The molecule has 3 nitrogen and oxygen atoms in total. The smallest absolute Gasteiger partial charge is 0.153 e. The Morgan fingerprint density at radius 3 is 2.50 bits per heavy atom. The second-order valence-corrected chi connectivity index (χ2v) is 2.82. The Bertz CT molecular complexity index is 366.